The van der Waals surface area contributed by atoms with E-state index in [4.69, 9.17) is 4.74 Å². The third-order valence-corrected chi connectivity index (χ3v) is 3.05. The van der Waals surface area contributed by atoms with Crippen LogP contribution in [-0.2, 0) is 6.54 Å². The summed E-state index contributed by atoms with van der Waals surface area (Å²) in [6.45, 7) is 9.50. The summed E-state index contributed by atoms with van der Waals surface area (Å²) in [5.74, 6) is 1.69. The molecule has 1 N–H and O–H groups in total. The molecular weight excluding hydrogens is 234 g/mol. The lowest BCUT2D eigenvalue weighted by Gasteiger charge is -2.10. The van der Waals surface area contributed by atoms with Crippen LogP contribution in [0.15, 0.2) is 24.3 Å². The van der Waals surface area contributed by atoms with Gasteiger partial charge in [0, 0.05) is 6.54 Å². The summed E-state index contributed by atoms with van der Waals surface area (Å²) in [6.07, 6.45) is 5.01. The molecule has 2 nitrogen and oxygen atoms in total. The van der Waals surface area contributed by atoms with Gasteiger partial charge in [0.25, 0.3) is 0 Å². The summed E-state index contributed by atoms with van der Waals surface area (Å²) in [7, 11) is 0. The first-order valence-corrected chi connectivity index (χ1v) is 7.64. The van der Waals surface area contributed by atoms with Crippen molar-refractivity contribution in [1.82, 2.24) is 5.32 Å². The van der Waals surface area contributed by atoms with Crippen molar-refractivity contribution >= 4 is 0 Å². The molecule has 0 saturated heterocycles. The summed E-state index contributed by atoms with van der Waals surface area (Å²) in [5, 5.41) is 3.46. The highest BCUT2D eigenvalue weighted by molar-refractivity contribution is 5.28. The normalized spacial score (nSPS) is 10.9. The monoisotopic (exact) mass is 263 g/mol. The van der Waals surface area contributed by atoms with E-state index in [9.17, 15) is 0 Å². The van der Waals surface area contributed by atoms with Gasteiger partial charge >= 0.3 is 0 Å². The van der Waals surface area contributed by atoms with Gasteiger partial charge in [0.05, 0.1) is 6.61 Å². The molecule has 0 spiro atoms. The SMILES string of the molecule is CCCCCCOc1cccc(CNCC(C)C)c1. The second-order valence-corrected chi connectivity index (χ2v) is 5.58. The zero-order valence-corrected chi connectivity index (χ0v) is 12.7. The van der Waals surface area contributed by atoms with Gasteiger partial charge in [-0.2, -0.15) is 0 Å². The van der Waals surface area contributed by atoms with Crippen molar-refractivity contribution in [2.24, 2.45) is 5.92 Å². The van der Waals surface area contributed by atoms with Gasteiger partial charge in [-0.05, 0) is 36.6 Å². The first kappa shape index (κ1) is 16.0. The fraction of sp³-hybridized carbons (Fsp3) is 0.647. The maximum absolute atomic E-state index is 5.79. The molecular formula is C17H29NO. The Labute approximate surface area is 118 Å². The van der Waals surface area contributed by atoms with Crippen molar-refractivity contribution in [1.29, 1.82) is 0 Å². The second kappa shape index (κ2) is 9.85. The van der Waals surface area contributed by atoms with Crippen LogP contribution in [0.1, 0.15) is 52.0 Å². The van der Waals surface area contributed by atoms with Gasteiger partial charge in [-0.15, -0.1) is 0 Å². The topological polar surface area (TPSA) is 21.3 Å². The molecule has 108 valence electrons. The standard InChI is InChI=1S/C17H29NO/c1-4-5-6-7-11-19-17-10-8-9-16(12-17)14-18-13-15(2)3/h8-10,12,15,18H,4-7,11,13-14H2,1-3H3. The van der Waals surface area contributed by atoms with Crippen LogP contribution in [-0.4, -0.2) is 13.2 Å². The Balaban J connectivity index is 2.27. The highest BCUT2D eigenvalue weighted by atomic mass is 16.5. The summed E-state index contributed by atoms with van der Waals surface area (Å²) in [5.41, 5.74) is 1.30. The average molecular weight is 263 g/mol. The van der Waals surface area contributed by atoms with Crippen LogP contribution in [0.3, 0.4) is 0 Å². The quantitative estimate of drug-likeness (QED) is 0.632. The minimum Gasteiger partial charge on any atom is -0.494 e. The van der Waals surface area contributed by atoms with Crippen molar-refractivity contribution in [3.63, 3.8) is 0 Å². The highest BCUT2D eigenvalue weighted by Gasteiger charge is 1.98. The minimum absolute atomic E-state index is 0.693. The van der Waals surface area contributed by atoms with Gasteiger partial charge in [0.15, 0.2) is 0 Å². The fourth-order valence-corrected chi connectivity index (χ4v) is 1.97. The summed E-state index contributed by atoms with van der Waals surface area (Å²) < 4.78 is 5.79. The molecule has 1 aromatic rings. The molecule has 0 radical (unpaired) electrons. The summed E-state index contributed by atoms with van der Waals surface area (Å²) in [6, 6.07) is 8.42. The van der Waals surface area contributed by atoms with E-state index < -0.39 is 0 Å². The van der Waals surface area contributed by atoms with Gasteiger partial charge in [0.2, 0.25) is 0 Å². The first-order chi connectivity index (χ1) is 9.22. The Morgan fingerprint density at radius 1 is 1.16 bits per heavy atom. The Bertz CT molecular complexity index is 336. The van der Waals surface area contributed by atoms with Crippen molar-refractivity contribution in [2.45, 2.75) is 53.0 Å². The molecule has 0 bridgehead atoms. The van der Waals surface area contributed by atoms with E-state index in [0.717, 1.165) is 31.9 Å². The molecule has 19 heavy (non-hydrogen) atoms. The van der Waals surface area contributed by atoms with Crippen molar-refractivity contribution in [2.75, 3.05) is 13.2 Å². The molecule has 0 amide bonds. The summed E-state index contributed by atoms with van der Waals surface area (Å²) >= 11 is 0. The lowest BCUT2D eigenvalue weighted by atomic mass is 10.2. The fourth-order valence-electron chi connectivity index (χ4n) is 1.97. The highest BCUT2D eigenvalue weighted by Crippen LogP contribution is 2.14. The zero-order chi connectivity index (χ0) is 13.9. The minimum atomic E-state index is 0.693. The van der Waals surface area contributed by atoms with Crippen LogP contribution < -0.4 is 10.1 Å². The number of benzene rings is 1. The summed E-state index contributed by atoms with van der Waals surface area (Å²) in [4.78, 5) is 0. The Morgan fingerprint density at radius 3 is 2.74 bits per heavy atom. The molecule has 1 aromatic carbocycles. The third-order valence-electron chi connectivity index (χ3n) is 3.05. The predicted molar refractivity (Wildman–Crippen MR) is 82.6 cm³/mol. The lowest BCUT2D eigenvalue weighted by Crippen LogP contribution is -2.18. The molecule has 0 aromatic heterocycles. The molecule has 0 atom stereocenters. The van der Waals surface area contributed by atoms with Gasteiger partial charge in [-0.1, -0.05) is 52.2 Å². The van der Waals surface area contributed by atoms with Crippen LogP contribution in [0.4, 0.5) is 0 Å². The van der Waals surface area contributed by atoms with Crippen molar-refractivity contribution in [3.8, 4) is 5.75 Å². The lowest BCUT2D eigenvalue weighted by molar-refractivity contribution is 0.304. The Morgan fingerprint density at radius 2 is 2.00 bits per heavy atom. The van der Waals surface area contributed by atoms with Crippen molar-refractivity contribution in [3.05, 3.63) is 29.8 Å². The predicted octanol–water partition coefficient (Wildman–Crippen LogP) is 4.39. The Kier molecular flexibility index (Phi) is 8.31. The molecule has 0 saturated carbocycles. The van der Waals surface area contributed by atoms with Crippen LogP contribution in [0.5, 0.6) is 5.75 Å². The first-order valence-electron chi connectivity index (χ1n) is 7.64. The van der Waals surface area contributed by atoms with Crippen LogP contribution in [0.25, 0.3) is 0 Å². The van der Waals surface area contributed by atoms with E-state index in [-0.39, 0.29) is 0 Å². The zero-order valence-electron chi connectivity index (χ0n) is 12.7. The number of ether oxygens (including phenoxy) is 1. The molecule has 0 heterocycles. The molecule has 0 fully saturated rings. The van der Waals surface area contributed by atoms with Crippen LogP contribution in [0, 0.1) is 5.92 Å². The van der Waals surface area contributed by atoms with E-state index in [2.05, 4.69) is 44.3 Å². The van der Waals surface area contributed by atoms with Gasteiger partial charge in [-0.3, -0.25) is 0 Å². The van der Waals surface area contributed by atoms with Crippen LogP contribution >= 0.6 is 0 Å². The Hall–Kier alpha value is -1.02. The maximum Gasteiger partial charge on any atom is 0.119 e. The van der Waals surface area contributed by atoms with Crippen LogP contribution in [0.2, 0.25) is 0 Å². The third kappa shape index (κ3) is 7.89. The smallest absolute Gasteiger partial charge is 0.119 e. The average Bonchev–Trinajstić information content (AvgIpc) is 2.39. The van der Waals surface area contributed by atoms with Gasteiger partial charge in [-0.25, -0.2) is 0 Å². The second-order valence-electron chi connectivity index (χ2n) is 5.58. The number of nitrogens with one attached hydrogen (secondary N) is 1. The van der Waals surface area contributed by atoms with E-state index >= 15 is 0 Å². The number of unbranched alkanes of at least 4 members (excludes halogenated alkanes) is 3. The largest absolute Gasteiger partial charge is 0.494 e. The number of rotatable bonds is 10. The molecule has 1 rings (SSSR count). The van der Waals surface area contributed by atoms with Crippen molar-refractivity contribution < 1.29 is 4.74 Å². The molecule has 0 aliphatic carbocycles. The van der Waals surface area contributed by atoms with E-state index in [1.165, 1.54) is 24.8 Å². The molecule has 2 heteroatoms. The van der Waals surface area contributed by atoms with E-state index in [0.29, 0.717) is 5.92 Å². The maximum atomic E-state index is 5.79. The molecule has 0 unspecified atom stereocenters. The van der Waals surface area contributed by atoms with E-state index in [1.54, 1.807) is 0 Å². The van der Waals surface area contributed by atoms with Gasteiger partial charge < -0.3 is 10.1 Å². The number of hydrogen-bond donors (Lipinski definition) is 1. The number of hydrogen-bond acceptors (Lipinski definition) is 2. The van der Waals surface area contributed by atoms with Gasteiger partial charge in [0.1, 0.15) is 5.75 Å². The molecule has 0 aliphatic rings. The van der Waals surface area contributed by atoms with E-state index in [1.807, 2.05) is 6.07 Å². The molecule has 0 aliphatic heterocycles.